The summed E-state index contributed by atoms with van der Waals surface area (Å²) in [5.74, 6) is 3.01. The van der Waals surface area contributed by atoms with E-state index in [1.54, 1.807) is 6.92 Å². The van der Waals surface area contributed by atoms with E-state index >= 15 is 0 Å². The highest BCUT2D eigenvalue weighted by molar-refractivity contribution is 5.90. The number of ether oxygens (including phenoxy) is 1. The Hall–Kier alpha value is -2.15. The first-order valence-corrected chi connectivity index (χ1v) is 4.61. The van der Waals surface area contributed by atoms with Crippen LogP contribution in [-0.2, 0) is 9.53 Å². The maximum Gasteiger partial charge on any atom is 0.384 e. The summed E-state index contributed by atoms with van der Waals surface area (Å²) in [6.45, 7) is 1.84. The fourth-order valence-corrected chi connectivity index (χ4v) is 1.05. The van der Waals surface area contributed by atoms with Gasteiger partial charge in [-0.25, -0.2) is 9.18 Å². The third-order valence-corrected chi connectivity index (χ3v) is 1.74. The van der Waals surface area contributed by atoms with Gasteiger partial charge in [-0.1, -0.05) is 18.1 Å². The highest BCUT2D eigenvalue weighted by atomic mass is 19.1. The second-order valence-electron chi connectivity index (χ2n) is 2.79. The van der Waals surface area contributed by atoms with Gasteiger partial charge in [0.1, 0.15) is 5.82 Å². The topological polar surface area (TPSA) is 43.4 Å². The predicted molar refractivity (Wildman–Crippen MR) is 55.3 cm³/mol. The lowest BCUT2D eigenvalue weighted by atomic mass is 10.1. The van der Waals surface area contributed by atoms with Gasteiger partial charge in [-0.05, 0) is 13.0 Å². The van der Waals surface area contributed by atoms with Crippen LogP contribution in [0.1, 0.15) is 22.8 Å². The number of halogens is 1. The highest BCUT2D eigenvalue weighted by Crippen LogP contribution is 2.09. The molecule has 82 valence electrons. The van der Waals surface area contributed by atoms with E-state index < -0.39 is 11.8 Å². The number of benzene rings is 1. The van der Waals surface area contributed by atoms with Gasteiger partial charge in [0.05, 0.1) is 12.2 Å². The molecule has 0 radical (unpaired) electrons. The number of rotatable bonds is 2. The predicted octanol–water partition coefficient (Wildman–Crippen LogP) is 1.55. The zero-order valence-electron chi connectivity index (χ0n) is 8.62. The second kappa shape index (κ2) is 5.66. The van der Waals surface area contributed by atoms with Crippen molar-refractivity contribution in [2.45, 2.75) is 6.92 Å². The van der Waals surface area contributed by atoms with Crippen LogP contribution in [0.15, 0.2) is 18.2 Å². The summed E-state index contributed by atoms with van der Waals surface area (Å²) < 4.78 is 17.8. The van der Waals surface area contributed by atoms with Crippen LogP contribution in [-0.4, -0.2) is 18.9 Å². The Morgan fingerprint density at radius 1 is 1.56 bits per heavy atom. The molecule has 0 bridgehead atoms. The smallest absolute Gasteiger partial charge is 0.384 e. The molecular formula is C12H9FO3. The van der Waals surface area contributed by atoms with Crippen molar-refractivity contribution in [1.29, 1.82) is 0 Å². The molecule has 1 rings (SSSR count). The van der Waals surface area contributed by atoms with Gasteiger partial charge >= 0.3 is 5.97 Å². The molecule has 1 aromatic rings. The molecule has 0 aliphatic rings. The molecule has 16 heavy (non-hydrogen) atoms. The quantitative estimate of drug-likeness (QED) is 0.431. The highest BCUT2D eigenvalue weighted by Gasteiger charge is 2.05. The summed E-state index contributed by atoms with van der Waals surface area (Å²) >= 11 is 0. The van der Waals surface area contributed by atoms with Gasteiger partial charge in [-0.15, -0.1) is 0 Å². The Bertz CT molecular complexity index is 469. The molecule has 0 N–H and O–H groups in total. The van der Waals surface area contributed by atoms with Crippen molar-refractivity contribution >= 4 is 12.3 Å². The molecule has 3 nitrogen and oxygen atoms in total. The summed E-state index contributed by atoms with van der Waals surface area (Å²) in [4.78, 5) is 21.5. The Morgan fingerprint density at radius 3 is 2.94 bits per heavy atom. The van der Waals surface area contributed by atoms with E-state index in [2.05, 4.69) is 16.6 Å². The zero-order chi connectivity index (χ0) is 12.0. The van der Waals surface area contributed by atoms with Crippen LogP contribution in [0.5, 0.6) is 0 Å². The lowest BCUT2D eigenvalue weighted by molar-refractivity contribution is -0.136. The van der Waals surface area contributed by atoms with Crippen LogP contribution in [0.3, 0.4) is 0 Å². The molecule has 0 unspecified atom stereocenters. The van der Waals surface area contributed by atoms with Crippen LogP contribution in [0.2, 0.25) is 0 Å². The number of esters is 1. The average Bonchev–Trinajstić information content (AvgIpc) is 2.27. The van der Waals surface area contributed by atoms with Crippen molar-refractivity contribution in [3.8, 4) is 11.8 Å². The molecule has 0 atom stereocenters. The van der Waals surface area contributed by atoms with Crippen molar-refractivity contribution < 1.29 is 18.7 Å². The number of hydrogen-bond acceptors (Lipinski definition) is 3. The minimum Gasteiger partial charge on any atom is -0.456 e. The molecule has 4 heteroatoms. The summed E-state index contributed by atoms with van der Waals surface area (Å²) in [6, 6.07) is 3.99. The van der Waals surface area contributed by atoms with Gasteiger partial charge in [-0.3, -0.25) is 4.79 Å². The molecule has 0 aliphatic heterocycles. The molecule has 0 heterocycles. The molecule has 0 fully saturated rings. The number of hydrogen-bond donors (Lipinski definition) is 0. The Morgan fingerprint density at radius 2 is 2.31 bits per heavy atom. The van der Waals surface area contributed by atoms with Crippen LogP contribution in [0.4, 0.5) is 4.39 Å². The van der Waals surface area contributed by atoms with Gasteiger partial charge in [0.25, 0.3) is 0 Å². The van der Waals surface area contributed by atoms with Crippen LogP contribution in [0, 0.1) is 17.7 Å². The Labute approximate surface area is 92.2 Å². The number of aldehydes is 1. The first kappa shape index (κ1) is 11.9. The molecule has 1 aromatic carbocycles. The van der Waals surface area contributed by atoms with E-state index in [9.17, 15) is 14.0 Å². The first-order chi connectivity index (χ1) is 7.69. The molecule has 0 amide bonds. The molecule has 0 aromatic heterocycles. The standard InChI is InChI=1S/C12H9FO3/c1-2-16-12(15)7-6-10-9(8-14)4-3-5-11(10)13/h3-5,8H,2H2,1H3. The van der Waals surface area contributed by atoms with Gasteiger partial charge in [0, 0.05) is 11.5 Å². The Balaban J connectivity index is 3.04. The van der Waals surface area contributed by atoms with Crippen molar-refractivity contribution in [2.75, 3.05) is 6.61 Å². The minimum absolute atomic E-state index is 0.0921. The maximum atomic E-state index is 13.3. The van der Waals surface area contributed by atoms with E-state index in [0.29, 0.717) is 6.29 Å². The third kappa shape index (κ3) is 2.92. The van der Waals surface area contributed by atoms with Crippen LogP contribution < -0.4 is 0 Å². The molecule has 0 saturated carbocycles. The molecule has 0 aliphatic carbocycles. The Kier molecular flexibility index (Phi) is 4.22. The van der Waals surface area contributed by atoms with Crippen molar-refractivity contribution in [1.82, 2.24) is 0 Å². The zero-order valence-corrected chi connectivity index (χ0v) is 8.62. The van der Waals surface area contributed by atoms with Crippen molar-refractivity contribution in [2.24, 2.45) is 0 Å². The summed E-state index contributed by atoms with van der Waals surface area (Å²) in [6.07, 6.45) is 0.484. The number of carbonyl (C=O) groups is 2. The first-order valence-electron chi connectivity index (χ1n) is 4.61. The summed E-state index contributed by atoms with van der Waals surface area (Å²) in [7, 11) is 0. The average molecular weight is 220 g/mol. The van der Waals surface area contributed by atoms with Gasteiger partial charge in [0.15, 0.2) is 6.29 Å². The van der Waals surface area contributed by atoms with Crippen LogP contribution >= 0.6 is 0 Å². The molecule has 0 spiro atoms. The van der Waals surface area contributed by atoms with Crippen molar-refractivity contribution in [3.63, 3.8) is 0 Å². The fraction of sp³-hybridized carbons (Fsp3) is 0.167. The summed E-state index contributed by atoms with van der Waals surface area (Å²) in [5, 5.41) is 0. The third-order valence-electron chi connectivity index (χ3n) is 1.74. The largest absolute Gasteiger partial charge is 0.456 e. The lowest BCUT2D eigenvalue weighted by Crippen LogP contribution is -2.00. The molecule has 0 saturated heterocycles. The second-order valence-corrected chi connectivity index (χ2v) is 2.79. The van der Waals surface area contributed by atoms with Crippen LogP contribution in [0.25, 0.3) is 0 Å². The lowest BCUT2D eigenvalue weighted by Gasteiger charge is -1.97. The van der Waals surface area contributed by atoms with E-state index in [0.717, 1.165) is 0 Å². The van der Waals surface area contributed by atoms with E-state index in [1.165, 1.54) is 18.2 Å². The van der Waals surface area contributed by atoms with Crippen molar-refractivity contribution in [3.05, 3.63) is 35.1 Å². The summed E-state index contributed by atoms with van der Waals surface area (Å²) in [5.41, 5.74) is 0.0161. The van der Waals surface area contributed by atoms with Gasteiger partial charge in [-0.2, -0.15) is 0 Å². The number of carbonyl (C=O) groups excluding carboxylic acids is 2. The minimum atomic E-state index is -0.748. The van der Waals surface area contributed by atoms with Gasteiger partial charge in [0.2, 0.25) is 0 Å². The SMILES string of the molecule is CCOC(=O)C#Cc1c(F)cccc1C=O. The van der Waals surface area contributed by atoms with Gasteiger partial charge < -0.3 is 4.74 Å². The normalized spacial score (nSPS) is 8.88. The monoisotopic (exact) mass is 220 g/mol. The molecular weight excluding hydrogens is 211 g/mol. The van der Waals surface area contributed by atoms with E-state index in [4.69, 9.17) is 0 Å². The maximum absolute atomic E-state index is 13.3. The van der Waals surface area contributed by atoms with E-state index in [-0.39, 0.29) is 17.7 Å². The fourth-order valence-electron chi connectivity index (χ4n) is 1.05. The van der Waals surface area contributed by atoms with E-state index in [1.807, 2.05) is 0 Å².